The van der Waals surface area contributed by atoms with Gasteiger partial charge >= 0.3 is 11.9 Å². The van der Waals surface area contributed by atoms with Gasteiger partial charge < -0.3 is 26.5 Å². The average molecular weight is 268 g/mol. The fraction of sp³-hybridized carbons (Fsp3) is 0.571. The van der Waals surface area contributed by atoms with Crippen molar-refractivity contribution in [2.75, 3.05) is 5.75 Å². The van der Waals surface area contributed by atoms with Crippen LogP contribution in [0, 0.1) is 0 Å². The number of nitrogens with two attached hydrogens (primary N) is 2. The molecule has 0 saturated heterocycles. The van der Waals surface area contributed by atoms with E-state index >= 15 is 0 Å². The Morgan fingerprint density at radius 1 is 1.25 bits per heavy atom. The molecule has 0 fully saturated rings. The van der Waals surface area contributed by atoms with Gasteiger partial charge in [0.1, 0.15) is 18.4 Å². The number of carbonyl (C=O) groups excluding carboxylic acids is 1. The number of hydrogen-bond acceptors (Lipinski definition) is 7. The fourth-order valence-electron chi connectivity index (χ4n) is 0.570. The van der Waals surface area contributed by atoms with Gasteiger partial charge in [-0.25, -0.2) is 0 Å². The van der Waals surface area contributed by atoms with Crippen molar-refractivity contribution in [3.63, 3.8) is 0 Å². The minimum absolute atomic E-state index is 0.0661. The van der Waals surface area contributed by atoms with Gasteiger partial charge in [-0.2, -0.15) is 0 Å². The van der Waals surface area contributed by atoms with Crippen LogP contribution in [0.1, 0.15) is 0 Å². The second kappa shape index (κ2) is 7.49. The molecule has 0 aromatic rings. The molecule has 0 aliphatic carbocycles. The largest absolute Gasteiger partial charge is 0.480 e. The summed E-state index contributed by atoms with van der Waals surface area (Å²) in [5, 5.41) is 16.1. The SMILES string of the molecule is N[C@H](C(=O)O)C(C=O)SSC[C@H](N)C(=O)O. The van der Waals surface area contributed by atoms with Crippen LogP contribution in [0.3, 0.4) is 0 Å². The molecule has 0 aliphatic rings. The number of aldehydes is 1. The summed E-state index contributed by atoms with van der Waals surface area (Å²) >= 11 is 0. The highest BCUT2D eigenvalue weighted by Gasteiger charge is 2.25. The van der Waals surface area contributed by atoms with Gasteiger partial charge in [0.2, 0.25) is 0 Å². The van der Waals surface area contributed by atoms with Crippen LogP contribution >= 0.6 is 21.6 Å². The molecule has 92 valence electrons. The van der Waals surface area contributed by atoms with E-state index < -0.39 is 29.3 Å². The predicted octanol–water partition coefficient (Wildman–Crippen LogP) is -1.24. The van der Waals surface area contributed by atoms with Crippen molar-refractivity contribution in [1.29, 1.82) is 0 Å². The summed E-state index contributed by atoms with van der Waals surface area (Å²) in [6.07, 6.45) is 0.419. The number of carbonyl (C=O) groups is 3. The third-order valence-corrected chi connectivity index (χ3v) is 4.26. The molecule has 0 rings (SSSR count). The topological polar surface area (TPSA) is 144 Å². The fourth-order valence-corrected chi connectivity index (χ4v) is 3.02. The van der Waals surface area contributed by atoms with Crippen LogP contribution in [-0.2, 0) is 14.4 Å². The maximum atomic E-state index is 10.5. The maximum Gasteiger partial charge on any atom is 0.322 e. The van der Waals surface area contributed by atoms with Gasteiger partial charge in [0, 0.05) is 5.75 Å². The Labute approximate surface area is 99.3 Å². The molecule has 6 N–H and O–H groups in total. The summed E-state index contributed by atoms with van der Waals surface area (Å²) in [6.45, 7) is 0. The Kier molecular flexibility index (Phi) is 7.13. The lowest BCUT2D eigenvalue weighted by Gasteiger charge is -2.13. The second-order valence-electron chi connectivity index (χ2n) is 2.79. The van der Waals surface area contributed by atoms with Crippen LogP contribution in [0.4, 0.5) is 0 Å². The summed E-state index contributed by atoms with van der Waals surface area (Å²) in [5.74, 6) is -2.37. The smallest absolute Gasteiger partial charge is 0.322 e. The molecule has 0 aromatic carbocycles. The van der Waals surface area contributed by atoms with E-state index in [1.54, 1.807) is 0 Å². The first-order chi connectivity index (χ1) is 7.40. The summed E-state index contributed by atoms with van der Waals surface area (Å²) in [7, 11) is 1.91. The quantitative estimate of drug-likeness (QED) is 0.314. The lowest BCUT2D eigenvalue weighted by molar-refractivity contribution is -0.139. The van der Waals surface area contributed by atoms with Gasteiger partial charge in [0.15, 0.2) is 0 Å². The molecule has 0 amide bonds. The molecule has 0 spiro atoms. The highest BCUT2D eigenvalue weighted by Crippen LogP contribution is 2.27. The monoisotopic (exact) mass is 268 g/mol. The molecule has 16 heavy (non-hydrogen) atoms. The van der Waals surface area contributed by atoms with E-state index in [0.29, 0.717) is 6.29 Å². The van der Waals surface area contributed by atoms with Crippen molar-refractivity contribution >= 4 is 39.8 Å². The van der Waals surface area contributed by atoms with Crippen LogP contribution in [0.2, 0.25) is 0 Å². The van der Waals surface area contributed by atoms with Crippen LogP contribution in [0.5, 0.6) is 0 Å². The zero-order chi connectivity index (χ0) is 12.7. The third kappa shape index (κ3) is 5.35. The van der Waals surface area contributed by atoms with E-state index in [2.05, 4.69) is 0 Å². The molecule has 0 heterocycles. The normalized spacial score (nSPS) is 16.1. The minimum Gasteiger partial charge on any atom is -0.480 e. The van der Waals surface area contributed by atoms with E-state index in [0.717, 1.165) is 21.6 Å². The van der Waals surface area contributed by atoms with Crippen molar-refractivity contribution in [1.82, 2.24) is 0 Å². The number of aliphatic carboxylic acids is 2. The molecule has 0 aromatic heterocycles. The van der Waals surface area contributed by atoms with Gasteiger partial charge in [-0.15, -0.1) is 0 Å². The maximum absolute atomic E-state index is 10.5. The molecule has 0 saturated carbocycles. The first-order valence-electron chi connectivity index (χ1n) is 4.10. The number of hydrogen-bond donors (Lipinski definition) is 4. The molecule has 9 heteroatoms. The molecule has 0 radical (unpaired) electrons. The minimum atomic E-state index is -1.31. The molecular formula is C7H12N2O5S2. The van der Waals surface area contributed by atoms with E-state index in [4.69, 9.17) is 21.7 Å². The van der Waals surface area contributed by atoms with Crippen LogP contribution in [-0.4, -0.2) is 51.5 Å². The van der Waals surface area contributed by atoms with E-state index in [1.165, 1.54) is 0 Å². The molecule has 0 bridgehead atoms. The predicted molar refractivity (Wildman–Crippen MR) is 61.1 cm³/mol. The Balaban J connectivity index is 4.02. The molecular weight excluding hydrogens is 256 g/mol. The third-order valence-electron chi connectivity index (χ3n) is 1.52. The van der Waals surface area contributed by atoms with E-state index in [-0.39, 0.29) is 5.75 Å². The van der Waals surface area contributed by atoms with Crippen molar-refractivity contribution in [3.8, 4) is 0 Å². The highest BCUT2D eigenvalue weighted by molar-refractivity contribution is 8.77. The van der Waals surface area contributed by atoms with Crippen LogP contribution in [0.25, 0.3) is 0 Å². The van der Waals surface area contributed by atoms with Gasteiger partial charge in [0.05, 0.1) is 5.25 Å². The van der Waals surface area contributed by atoms with Gasteiger partial charge in [0.25, 0.3) is 0 Å². The van der Waals surface area contributed by atoms with Crippen LogP contribution < -0.4 is 11.5 Å². The Hall–Kier alpha value is -0.770. The molecule has 3 atom stereocenters. The van der Waals surface area contributed by atoms with Crippen molar-refractivity contribution in [2.45, 2.75) is 17.3 Å². The Morgan fingerprint density at radius 2 is 1.81 bits per heavy atom. The number of rotatable bonds is 8. The summed E-state index contributed by atoms with van der Waals surface area (Å²) < 4.78 is 0. The summed E-state index contributed by atoms with van der Waals surface area (Å²) in [5.41, 5.74) is 10.4. The lowest BCUT2D eigenvalue weighted by atomic mass is 10.2. The standard InChI is InChI=1S/C7H12N2O5S2/c8-3(6(11)12)2-15-16-4(1-10)5(9)7(13)14/h1,3-5H,2,8-9H2,(H,11,12)(H,13,14)/t3-,4?,5-/m0/s1. The van der Waals surface area contributed by atoms with Crippen molar-refractivity contribution in [3.05, 3.63) is 0 Å². The Morgan fingerprint density at radius 3 is 2.19 bits per heavy atom. The highest BCUT2D eigenvalue weighted by atomic mass is 33.1. The second-order valence-corrected chi connectivity index (χ2v) is 5.38. The Bertz CT molecular complexity index is 276. The first kappa shape index (κ1) is 15.2. The van der Waals surface area contributed by atoms with Gasteiger partial charge in [-0.05, 0) is 0 Å². The van der Waals surface area contributed by atoms with Crippen molar-refractivity contribution < 1.29 is 24.6 Å². The lowest BCUT2D eigenvalue weighted by Crippen LogP contribution is -2.40. The van der Waals surface area contributed by atoms with Crippen molar-refractivity contribution in [2.24, 2.45) is 11.5 Å². The van der Waals surface area contributed by atoms with E-state index in [1.807, 2.05) is 0 Å². The van der Waals surface area contributed by atoms with Gasteiger partial charge in [-0.1, -0.05) is 21.6 Å². The number of carboxylic acid groups (broad SMARTS) is 2. The number of carboxylic acids is 2. The van der Waals surface area contributed by atoms with Gasteiger partial charge in [-0.3, -0.25) is 9.59 Å². The van der Waals surface area contributed by atoms with E-state index in [9.17, 15) is 14.4 Å². The molecule has 0 aliphatic heterocycles. The zero-order valence-corrected chi connectivity index (χ0v) is 9.74. The molecule has 7 nitrogen and oxygen atoms in total. The zero-order valence-electron chi connectivity index (χ0n) is 8.11. The van der Waals surface area contributed by atoms with Crippen LogP contribution in [0.15, 0.2) is 0 Å². The summed E-state index contributed by atoms with van der Waals surface area (Å²) in [6, 6.07) is -2.36. The average Bonchev–Trinajstić information content (AvgIpc) is 2.22. The first-order valence-corrected chi connectivity index (χ1v) is 6.48. The molecule has 1 unspecified atom stereocenters. The summed E-state index contributed by atoms with van der Waals surface area (Å²) in [4.78, 5) is 31.4.